The number of aliphatic hydroxyl groups is 1. The topological polar surface area (TPSA) is 95.7 Å². The predicted molar refractivity (Wildman–Crippen MR) is 66.0 cm³/mol. The molecule has 0 bridgehead atoms. The molecule has 2 rings (SSSR count). The third-order valence-corrected chi connectivity index (χ3v) is 3.10. The summed E-state index contributed by atoms with van der Waals surface area (Å²) in [5.74, 6) is -1.52. The molecule has 2 N–H and O–H groups in total. The molecule has 1 aliphatic heterocycles. The molecular weight excluding hydrogens is 250 g/mol. The van der Waals surface area contributed by atoms with Gasteiger partial charge in [-0.05, 0) is 12.1 Å². The van der Waals surface area contributed by atoms with E-state index in [1.165, 1.54) is 11.0 Å². The van der Waals surface area contributed by atoms with Gasteiger partial charge in [-0.3, -0.25) is 9.48 Å². The molecule has 0 aliphatic carbocycles. The molecule has 1 fully saturated rings. The lowest BCUT2D eigenvalue weighted by molar-refractivity contribution is -0.146. The number of aryl methyl sites for hydroxylation is 1. The molecule has 2 atom stereocenters. The lowest BCUT2D eigenvalue weighted by Crippen LogP contribution is -2.39. The predicted octanol–water partition coefficient (Wildman–Crippen LogP) is -0.520. The Morgan fingerprint density at radius 1 is 1.53 bits per heavy atom. The van der Waals surface area contributed by atoms with E-state index < -0.39 is 24.0 Å². The Morgan fingerprint density at radius 2 is 2.26 bits per heavy atom. The number of rotatable bonds is 3. The van der Waals surface area contributed by atoms with Crippen molar-refractivity contribution in [1.82, 2.24) is 14.7 Å². The number of carboxylic acids is 1. The standard InChI is InChI=1S/C12H15N3O4/c1-14-8(4-5-13-14)2-3-11(17)15-7-9(16)6-10(15)12(18)19/h2-5,9-10,16H,6-7H2,1H3,(H,18,19)/t9-,10+/m1/s1. The van der Waals surface area contributed by atoms with Crippen LogP contribution in [0.4, 0.5) is 0 Å². The van der Waals surface area contributed by atoms with Crippen LogP contribution >= 0.6 is 0 Å². The van der Waals surface area contributed by atoms with Crippen molar-refractivity contribution in [3.8, 4) is 0 Å². The summed E-state index contributed by atoms with van der Waals surface area (Å²) in [6.45, 7) is 0.0471. The van der Waals surface area contributed by atoms with Crippen LogP contribution in [0.2, 0.25) is 0 Å². The summed E-state index contributed by atoms with van der Waals surface area (Å²) < 4.78 is 1.59. The largest absolute Gasteiger partial charge is 0.480 e. The summed E-state index contributed by atoms with van der Waals surface area (Å²) in [4.78, 5) is 24.1. The summed E-state index contributed by atoms with van der Waals surface area (Å²) in [6, 6.07) is 0.774. The number of carbonyl (C=O) groups is 2. The molecule has 0 saturated carbocycles. The van der Waals surface area contributed by atoms with E-state index in [1.807, 2.05) is 0 Å². The van der Waals surface area contributed by atoms with E-state index in [2.05, 4.69) is 5.10 Å². The minimum atomic E-state index is -1.10. The number of aliphatic carboxylic acids is 1. The Labute approximate surface area is 109 Å². The molecule has 0 unspecified atom stereocenters. The average Bonchev–Trinajstić information content (AvgIpc) is 2.92. The van der Waals surface area contributed by atoms with Gasteiger partial charge < -0.3 is 15.1 Å². The lowest BCUT2D eigenvalue weighted by atomic mass is 10.2. The fourth-order valence-corrected chi connectivity index (χ4v) is 2.09. The maximum atomic E-state index is 11.9. The summed E-state index contributed by atoms with van der Waals surface area (Å²) in [6.07, 6.45) is 3.75. The minimum absolute atomic E-state index is 0.0471. The zero-order valence-corrected chi connectivity index (χ0v) is 10.4. The van der Waals surface area contributed by atoms with Crippen molar-refractivity contribution in [1.29, 1.82) is 0 Å². The second kappa shape index (κ2) is 5.23. The highest BCUT2D eigenvalue weighted by atomic mass is 16.4. The van der Waals surface area contributed by atoms with Gasteiger partial charge in [-0.2, -0.15) is 5.10 Å². The van der Waals surface area contributed by atoms with Gasteiger partial charge in [-0.1, -0.05) is 0 Å². The van der Waals surface area contributed by atoms with E-state index in [0.717, 1.165) is 5.69 Å². The van der Waals surface area contributed by atoms with Gasteiger partial charge >= 0.3 is 5.97 Å². The Kier molecular flexibility index (Phi) is 3.66. The molecule has 0 spiro atoms. The number of amides is 1. The van der Waals surface area contributed by atoms with Gasteiger partial charge in [0.15, 0.2) is 0 Å². The zero-order valence-electron chi connectivity index (χ0n) is 10.4. The number of carbonyl (C=O) groups excluding carboxylic acids is 1. The first-order valence-corrected chi connectivity index (χ1v) is 5.86. The summed E-state index contributed by atoms with van der Waals surface area (Å²) >= 11 is 0. The highest BCUT2D eigenvalue weighted by Gasteiger charge is 2.37. The van der Waals surface area contributed by atoms with Crippen LogP contribution in [0, 0.1) is 0 Å². The monoisotopic (exact) mass is 265 g/mol. The van der Waals surface area contributed by atoms with Gasteiger partial charge in [0.2, 0.25) is 5.91 Å². The summed E-state index contributed by atoms with van der Waals surface area (Å²) in [5.41, 5.74) is 0.736. The van der Waals surface area contributed by atoms with Gasteiger partial charge in [-0.25, -0.2) is 4.79 Å². The maximum Gasteiger partial charge on any atom is 0.326 e. The van der Waals surface area contributed by atoms with Crippen LogP contribution in [0.5, 0.6) is 0 Å². The number of hydrogen-bond acceptors (Lipinski definition) is 4. The van der Waals surface area contributed by atoms with Crippen molar-refractivity contribution < 1.29 is 19.8 Å². The molecule has 7 heteroatoms. The van der Waals surface area contributed by atoms with Gasteiger partial charge in [0, 0.05) is 32.3 Å². The Hall–Kier alpha value is -2.15. The van der Waals surface area contributed by atoms with Crippen molar-refractivity contribution >= 4 is 18.0 Å². The van der Waals surface area contributed by atoms with Crippen LogP contribution in [0.3, 0.4) is 0 Å². The SMILES string of the molecule is Cn1nccc1C=CC(=O)N1C[C@H](O)C[C@H]1C(=O)O. The minimum Gasteiger partial charge on any atom is -0.480 e. The Morgan fingerprint density at radius 3 is 2.84 bits per heavy atom. The molecule has 102 valence electrons. The van der Waals surface area contributed by atoms with Gasteiger partial charge in [-0.15, -0.1) is 0 Å². The average molecular weight is 265 g/mol. The van der Waals surface area contributed by atoms with Crippen LogP contribution in [0.15, 0.2) is 18.3 Å². The smallest absolute Gasteiger partial charge is 0.326 e. The first-order chi connectivity index (χ1) is 8.99. The van der Waals surface area contributed by atoms with Crippen LogP contribution < -0.4 is 0 Å². The molecular formula is C12H15N3O4. The molecule has 1 aromatic heterocycles. The van der Waals surface area contributed by atoms with Crippen molar-refractivity contribution in [2.75, 3.05) is 6.54 Å². The molecule has 7 nitrogen and oxygen atoms in total. The van der Waals surface area contributed by atoms with E-state index in [-0.39, 0.29) is 13.0 Å². The maximum absolute atomic E-state index is 11.9. The van der Waals surface area contributed by atoms with Crippen LogP contribution in [0.25, 0.3) is 6.08 Å². The normalized spacial score (nSPS) is 23.2. The van der Waals surface area contributed by atoms with E-state index in [9.17, 15) is 14.7 Å². The van der Waals surface area contributed by atoms with Crippen molar-refractivity contribution in [2.24, 2.45) is 7.05 Å². The molecule has 1 aromatic rings. The molecule has 1 saturated heterocycles. The quantitative estimate of drug-likeness (QED) is 0.717. The number of nitrogens with zero attached hydrogens (tertiary/aromatic N) is 3. The second-order valence-electron chi connectivity index (χ2n) is 4.45. The molecule has 2 heterocycles. The number of carboxylic acid groups (broad SMARTS) is 1. The first kappa shape index (κ1) is 13.3. The molecule has 19 heavy (non-hydrogen) atoms. The molecule has 1 aliphatic rings. The van der Waals surface area contributed by atoms with Gasteiger partial charge in [0.1, 0.15) is 6.04 Å². The molecule has 0 radical (unpaired) electrons. The molecule has 0 aromatic carbocycles. The van der Waals surface area contributed by atoms with Crippen molar-refractivity contribution in [3.63, 3.8) is 0 Å². The first-order valence-electron chi connectivity index (χ1n) is 5.86. The van der Waals surface area contributed by atoms with E-state index in [1.54, 1.807) is 30.1 Å². The van der Waals surface area contributed by atoms with E-state index in [4.69, 9.17) is 5.11 Å². The summed E-state index contributed by atoms with van der Waals surface area (Å²) in [5, 5.41) is 22.4. The van der Waals surface area contributed by atoms with Crippen LogP contribution in [0.1, 0.15) is 12.1 Å². The van der Waals surface area contributed by atoms with Crippen molar-refractivity contribution in [3.05, 3.63) is 24.0 Å². The van der Waals surface area contributed by atoms with Gasteiger partial charge in [0.25, 0.3) is 0 Å². The fourth-order valence-electron chi connectivity index (χ4n) is 2.09. The van der Waals surface area contributed by atoms with Crippen LogP contribution in [-0.4, -0.2) is 55.5 Å². The lowest BCUT2D eigenvalue weighted by Gasteiger charge is -2.19. The van der Waals surface area contributed by atoms with Gasteiger partial charge in [0.05, 0.1) is 11.8 Å². The second-order valence-corrected chi connectivity index (χ2v) is 4.45. The third kappa shape index (κ3) is 2.82. The zero-order chi connectivity index (χ0) is 14.0. The van der Waals surface area contributed by atoms with E-state index >= 15 is 0 Å². The highest BCUT2D eigenvalue weighted by Crippen LogP contribution is 2.18. The Balaban J connectivity index is 2.09. The fraction of sp³-hybridized carbons (Fsp3) is 0.417. The molecule has 1 amide bonds. The summed E-state index contributed by atoms with van der Waals surface area (Å²) in [7, 11) is 1.74. The number of β-amino-alcohol motifs (C(OH)–C–C–N with tert-alkyl or cyclic N) is 1. The number of hydrogen-bond donors (Lipinski definition) is 2. The highest BCUT2D eigenvalue weighted by molar-refractivity contribution is 5.94. The number of aliphatic hydroxyl groups excluding tert-OH is 1. The number of likely N-dealkylation sites (tertiary alicyclic amines) is 1. The van der Waals surface area contributed by atoms with E-state index in [0.29, 0.717) is 0 Å². The third-order valence-electron chi connectivity index (χ3n) is 3.10. The van der Waals surface area contributed by atoms with Crippen molar-refractivity contribution in [2.45, 2.75) is 18.6 Å². The Bertz CT molecular complexity index is 523. The number of aromatic nitrogens is 2. The van der Waals surface area contributed by atoms with Crippen LogP contribution in [-0.2, 0) is 16.6 Å².